The highest BCUT2D eigenvalue weighted by molar-refractivity contribution is 6.22. The van der Waals surface area contributed by atoms with Gasteiger partial charge < -0.3 is 10.2 Å². The average Bonchev–Trinajstić information content (AvgIpc) is 3.35. The molecule has 23 heavy (non-hydrogen) atoms. The van der Waals surface area contributed by atoms with Crippen molar-refractivity contribution in [1.29, 1.82) is 0 Å². The van der Waals surface area contributed by atoms with Gasteiger partial charge in [-0.2, -0.15) is 0 Å². The minimum absolute atomic E-state index is 0.00680. The van der Waals surface area contributed by atoms with Crippen LogP contribution in [-0.2, 0) is 4.79 Å². The first-order chi connectivity index (χ1) is 11.1. The lowest BCUT2D eigenvalue weighted by atomic mass is 10.0. The molecule has 0 bridgehead atoms. The highest BCUT2D eigenvalue weighted by Gasteiger charge is 2.44. The largest absolute Gasteiger partial charge is 0.353 e. The van der Waals surface area contributed by atoms with Crippen LogP contribution in [0.5, 0.6) is 0 Å². The molecule has 0 unspecified atom stereocenters. The summed E-state index contributed by atoms with van der Waals surface area (Å²) in [4.78, 5) is 51.3. The van der Waals surface area contributed by atoms with Gasteiger partial charge in [-0.05, 0) is 31.0 Å². The standard InChI is InChI=1S/C16H15N3O4/c20-13-8-18(6-5-17-13)14(21)9-1-4-11-12(7-9)16(23)19(15(11)22)10-2-3-10/h1,4,7,10H,2-3,5-6,8H2,(H,17,20). The lowest BCUT2D eigenvalue weighted by molar-refractivity contribution is -0.123. The Balaban J connectivity index is 1.63. The molecule has 4 rings (SSSR count). The van der Waals surface area contributed by atoms with Gasteiger partial charge in [0.05, 0.1) is 17.7 Å². The van der Waals surface area contributed by atoms with Crippen molar-refractivity contribution >= 4 is 23.6 Å². The molecule has 0 aromatic heterocycles. The molecular formula is C16H15N3O4. The Morgan fingerprint density at radius 3 is 2.52 bits per heavy atom. The van der Waals surface area contributed by atoms with Crippen LogP contribution in [0.25, 0.3) is 0 Å². The van der Waals surface area contributed by atoms with Gasteiger partial charge in [0.25, 0.3) is 17.7 Å². The molecule has 1 saturated heterocycles. The van der Waals surface area contributed by atoms with Crippen molar-refractivity contribution in [2.75, 3.05) is 19.6 Å². The number of carbonyl (C=O) groups is 4. The molecule has 7 heteroatoms. The zero-order chi connectivity index (χ0) is 16.1. The third-order valence-corrected chi connectivity index (χ3v) is 4.40. The number of amides is 4. The van der Waals surface area contributed by atoms with E-state index in [1.165, 1.54) is 21.9 Å². The zero-order valence-electron chi connectivity index (χ0n) is 12.4. The summed E-state index contributed by atoms with van der Waals surface area (Å²) in [6.07, 6.45) is 1.69. The first-order valence-corrected chi connectivity index (χ1v) is 7.64. The van der Waals surface area contributed by atoms with Crippen molar-refractivity contribution in [3.63, 3.8) is 0 Å². The van der Waals surface area contributed by atoms with E-state index in [1.54, 1.807) is 6.07 Å². The van der Waals surface area contributed by atoms with E-state index in [9.17, 15) is 19.2 Å². The van der Waals surface area contributed by atoms with E-state index in [1.807, 2.05) is 0 Å². The normalized spacial score (nSPS) is 20.6. The Morgan fingerprint density at radius 2 is 1.83 bits per heavy atom. The second kappa shape index (κ2) is 4.91. The van der Waals surface area contributed by atoms with Gasteiger partial charge in [-0.15, -0.1) is 0 Å². The topological polar surface area (TPSA) is 86.8 Å². The third kappa shape index (κ3) is 2.19. The van der Waals surface area contributed by atoms with Crippen LogP contribution >= 0.6 is 0 Å². The summed E-state index contributed by atoms with van der Waals surface area (Å²) in [6.45, 7) is 0.863. The monoisotopic (exact) mass is 313 g/mol. The number of piperazine rings is 1. The molecule has 4 amide bonds. The molecular weight excluding hydrogens is 298 g/mol. The van der Waals surface area contributed by atoms with E-state index in [-0.39, 0.29) is 41.8 Å². The van der Waals surface area contributed by atoms with Gasteiger partial charge >= 0.3 is 0 Å². The number of fused-ring (bicyclic) bond motifs is 1. The van der Waals surface area contributed by atoms with Gasteiger partial charge in [0.15, 0.2) is 0 Å². The smallest absolute Gasteiger partial charge is 0.261 e. The predicted octanol–water partition coefficient (Wildman–Crippen LogP) is 0.0170. The summed E-state index contributed by atoms with van der Waals surface area (Å²) in [5, 5.41) is 2.66. The third-order valence-electron chi connectivity index (χ3n) is 4.40. The number of benzene rings is 1. The van der Waals surface area contributed by atoms with Gasteiger partial charge in [-0.3, -0.25) is 24.1 Å². The van der Waals surface area contributed by atoms with Crippen molar-refractivity contribution in [2.45, 2.75) is 18.9 Å². The average molecular weight is 313 g/mol. The van der Waals surface area contributed by atoms with Crippen LogP contribution in [0.1, 0.15) is 43.9 Å². The number of imide groups is 1. The van der Waals surface area contributed by atoms with Crippen LogP contribution in [0.15, 0.2) is 18.2 Å². The molecule has 1 aromatic rings. The van der Waals surface area contributed by atoms with Gasteiger partial charge in [0, 0.05) is 24.7 Å². The molecule has 0 radical (unpaired) electrons. The number of nitrogens with zero attached hydrogens (tertiary/aromatic N) is 2. The summed E-state index contributed by atoms with van der Waals surface area (Å²) in [5.74, 6) is -1.09. The Bertz CT molecular complexity index is 754. The molecule has 2 heterocycles. The highest BCUT2D eigenvalue weighted by atomic mass is 16.2. The highest BCUT2D eigenvalue weighted by Crippen LogP contribution is 2.35. The number of hydrogen-bond donors (Lipinski definition) is 1. The molecule has 1 aliphatic carbocycles. The summed E-state index contributed by atoms with van der Waals surface area (Å²) < 4.78 is 0. The SMILES string of the molecule is O=C1CN(C(=O)c2ccc3c(c2)C(=O)N(C2CC2)C3=O)CCN1. The van der Waals surface area contributed by atoms with Crippen LogP contribution < -0.4 is 5.32 Å². The molecule has 0 spiro atoms. The second-order valence-corrected chi connectivity index (χ2v) is 6.05. The van der Waals surface area contributed by atoms with E-state index in [2.05, 4.69) is 5.32 Å². The van der Waals surface area contributed by atoms with Crippen LogP contribution in [0.3, 0.4) is 0 Å². The number of carbonyl (C=O) groups excluding carboxylic acids is 4. The summed E-state index contributed by atoms with van der Waals surface area (Å²) in [5.41, 5.74) is 0.973. The number of hydrogen-bond acceptors (Lipinski definition) is 4. The fraction of sp³-hybridized carbons (Fsp3) is 0.375. The van der Waals surface area contributed by atoms with Crippen molar-refractivity contribution in [1.82, 2.24) is 15.1 Å². The van der Waals surface area contributed by atoms with Crippen LogP contribution in [-0.4, -0.2) is 59.1 Å². The minimum Gasteiger partial charge on any atom is -0.353 e. The van der Waals surface area contributed by atoms with E-state index in [0.29, 0.717) is 24.2 Å². The summed E-state index contributed by atoms with van der Waals surface area (Å²) >= 11 is 0. The summed E-state index contributed by atoms with van der Waals surface area (Å²) in [7, 11) is 0. The van der Waals surface area contributed by atoms with Gasteiger partial charge in [-0.25, -0.2) is 0 Å². The number of rotatable bonds is 2. The van der Waals surface area contributed by atoms with Crippen molar-refractivity contribution < 1.29 is 19.2 Å². The predicted molar refractivity (Wildman–Crippen MR) is 78.9 cm³/mol. The zero-order valence-corrected chi connectivity index (χ0v) is 12.4. The summed E-state index contributed by atoms with van der Waals surface area (Å²) in [6, 6.07) is 4.57. The van der Waals surface area contributed by atoms with E-state index >= 15 is 0 Å². The first kappa shape index (κ1) is 13.9. The maximum Gasteiger partial charge on any atom is 0.261 e. The van der Waals surface area contributed by atoms with Crippen molar-refractivity contribution in [2.24, 2.45) is 0 Å². The molecule has 2 fully saturated rings. The van der Waals surface area contributed by atoms with Gasteiger partial charge in [0.1, 0.15) is 0 Å². The Kier molecular flexibility index (Phi) is 2.97. The maximum absolute atomic E-state index is 12.5. The quantitative estimate of drug-likeness (QED) is 0.780. The fourth-order valence-electron chi connectivity index (χ4n) is 3.05. The van der Waals surface area contributed by atoms with E-state index < -0.39 is 0 Å². The lowest BCUT2D eigenvalue weighted by Crippen LogP contribution is -2.50. The molecule has 0 atom stereocenters. The number of nitrogens with one attached hydrogen (secondary N) is 1. The van der Waals surface area contributed by atoms with Crippen molar-refractivity contribution in [3.05, 3.63) is 34.9 Å². The fourth-order valence-corrected chi connectivity index (χ4v) is 3.05. The molecule has 1 saturated carbocycles. The van der Waals surface area contributed by atoms with Crippen molar-refractivity contribution in [3.8, 4) is 0 Å². The van der Waals surface area contributed by atoms with Crippen LogP contribution in [0.2, 0.25) is 0 Å². The molecule has 3 aliphatic rings. The first-order valence-electron chi connectivity index (χ1n) is 7.64. The minimum atomic E-state index is -0.321. The second-order valence-electron chi connectivity index (χ2n) is 6.05. The van der Waals surface area contributed by atoms with E-state index in [4.69, 9.17) is 0 Å². The molecule has 1 N–H and O–H groups in total. The Labute approximate surface area is 132 Å². The van der Waals surface area contributed by atoms with Gasteiger partial charge in [0.2, 0.25) is 5.91 Å². The van der Waals surface area contributed by atoms with E-state index in [0.717, 1.165) is 12.8 Å². The molecule has 2 aliphatic heterocycles. The molecule has 118 valence electrons. The van der Waals surface area contributed by atoms with Crippen LogP contribution in [0.4, 0.5) is 0 Å². The van der Waals surface area contributed by atoms with Crippen LogP contribution in [0, 0.1) is 0 Å². The van der Waals surface area contributed by atoms with Gasteiger partial charge in [-0.1, -0.05) is 0 Å². The maximum atomic E-state index is 12.5. The Hall–Kier alpha value is -2.70. The molecule has 1 aromatic carbocycles. The Morgan fingerprint density at radius 1 is 1.09 bits per heavy atom. The molecule has 7 nitrogen and oxygen atoms in total. The lowest BCUT2D eigenvalue weighted by Gasteiger charge is -2.26.